The van der Waals surface area contributed by atoms with Crippen molar-refractivity contribution < 1.29 is 71.0 Å². The fourth-order valence-electron chi connectivity index (χ4n) is 0. The standard InChI is InChI=1S/CH2O.Fe.Na.H2O2S.H2O2/c1-2;;;1-3-2;1-2/h1H2;;;1-2H;1-2H/q;+2;+1;;/p-3. The molecular formula is CH3FeNaO5S. The number of carbonyl (C=O) groups is 1. The molecule has 0 aliphatic carbocycles. The van der Waals surface area contributed by atoms with E-state index < -0.39 is 12.3 Å². The van der Waals surface area contributed by atoms with Gasteiger partial charge in [-0.15, -0.1) is 0 Å². The van der Waals surface area contributed by atoms with Crippen molar-refractivity contribution in [3.05, 3.63) is 0 Å². The van der Waals surface area contributed by atoms with Gasteiger partial charge in [0.1, 0.15) is 6.79 Å². The molecule has 0 rings (SSSR count). The molecule has 0 saturated carbocycles. The van der Waals surface area contributed by atoms with Crippen LogP contribution in [0, 0.1) is 0 Å². The maximum Gasteiger partial charge on any atom is 2.00 e. The number of rotatable bonds is 0. The summed E-state index contributed by atoms with van der Waals surface area (Å²) in [5.74, 6) is 0. The fourth-order valence-corrected chi connectivity index (χ4v) is 0. The molecule has 0 saturated heterocycles. The van der Waals surface area contributed by atoms with Crippen LogP contribution >= 0.6 is 12.3 Å². The van der Waals surface area contributed by atoms with Crippen molar-refractivity contribution in [3.63, 3.8) is 0 Å². The molecule has 1 N–H and O–H groups in total. The zero-order chi connectivity index (χ0) is 6.71. The van der Waals surface area contributed by atoms with Crippen LogP contribution in [0.3, 0.4) is 0 Å². The molecule has 0 aromatic rings. The van der Waals surface area contributed by atoms with Gasteiger partial charge in [-0.3, -0.25) is 0 Å². The largest absolute Gasteiger partial charge is 2.00 e. The molecule has 0 spiro atoms. The topological polar surface area (TPSA) is 106 Å². The minimum absolute atomic E-state index is 0. The van der Waals surface area contributed by atoms with E-state index in [4.69, 9.17) is 24.4 Å². The van der Waals surface area contributed by atoms with Crippen LogP contribution in [0.4, 0.5) is 0 Å². The summed E-state index contributed by atoms with van der Waals surface area (Å²) >= 11 is -0.750. The Morgan fingerprint density at radius 1 is 1.22 bits per heavy atom. The summed E-state index contributed by atoms with van der Waals surface area (Å²) in [6.45, 7) is 2.00. The van der Waals surface area contributed by atoms with Crippen LogP contribution in [0.5, 0.6) is 0 Å². The van der Waals surface area contributed by atoms with Crippen molar-refractivity contribution in [1.82, 2.24) is 0 Å². The minimum Gasteiger partial charge on any atom is -0.811 e. The van der Waals surface area contributed by atoms with E-state index in [9.17, 15) is 0 Å². The van der Waals surface area contributed by atoms with Gasteiger partial charge in [0.25, 0.3) is 0 Å². The van der Waals surface area contributed by atoms with Crippen molar-refractivity contribution >= 4 is 19.1 Å². The van der Waals surface area contributed by atoms with Gasteiger partial charge in [0.2, 0.25) is 0 Å². The van der Waals surface area contributed by atoms with Gasteiger partial charge in [-0.05, 0) is 0 Å². The van der Waals surface area contributed by atoms with Crippen molar-refractivity contribution in [2.75, 3.05) is 0 Å². The summed E-state index contributed by atoms with van der Waals surface area (Å²) in [6.07, 6.45) is 0. The van der Waals surface area contributed by atoms with E-state index in [0.29, 0.717) is 0 Å². The van der Waals surface area contributed by atoms with Crippen LogP contribution in [0.15, 0.2) is 0 Å². The van der Waals surface area contributed by atoms with Crippen molar-refractivity contribution in [1.29, 1.82) is 0 Å². The Morgan fingerprint density at radius 3 is 1.22 bits per heavy atom. The summed E-state index contributed by atoms with van der Waals surface area (Å²) in [4.78, 5) is 8.00. The van der Waals surface area contributed by atoms with Gasteiger partial charge < -0.3 is 36.7 Å². The Labute approximate surface area is 89.6 Å². The maximum absolute atomic E-state index is 8.29. The molecule has 0 radical (unpaired) electrons. The number of carbonyl (C=O) groups excluding carboxylic acids is 1. The average Bonchev–Trinajstić information content (AvgIpc) is 1.78. The molecule has 0 amide bonds. The molecule has 0 aliphatic heterocycles. The van der Waals surface area contributed by atoms with Crippen LogP contribution in [-0.2, 0) is 21.9 Å². The summed E-state index contributed by atoms with van der Waals surface area (Å²) in [6, 6.07) is 0. The molecule has 5 nitrogen and oxygen atoms in total. The van der Waals surface area contributed by atoms with Gasteiger partial charge in [0.15, 0.2) is 0 Å². The first-order valence-electron chi connectivity index (χ1n) is 0.805. The average molecular weight is 206 g/mol. The first kappa shape index (κ1) is 31.6. The van der Waals surface area contributed by atoms with Crippen molar-refractivity contribution in [2.24, 2.45) is 0 Å². The molecule has 0 aromatic carbocycles. The molecule has 0 heterocycles. The van der Waals surface area contributed by atoms with Crippen LogP contribution in [0.1, 0.15) is 0 Å². The van der Waals surface area contributed by atoms with E-state index in [1.54, 1.807) is 0 Å². The smallest absolute Gasteiger partial charge is 0.811 e. The van der Waals surface area contributed by atoms with Gasteiger partial charge in [0, 0.05) is 0 Å². The monoisotopic (exact) mass is 206 g/mol. The SMILES string of the molecule is C=O.[Fe+2].[Na+].[O-]O.[O-]S[O-]. The molecule has 0 aliphatic rings. The first-order chi connectivity index (χ1) is 3.41. The molecule has 0 atom stereocenters. The molecular weight excluding hydrogens is 203 g/mol. The summed E-state index contributed by atoms with van der Waals surface area (Å²) in [7, 11) is 0. The van der Waals surface area contributed by atoms with E-state index in [2.05, 4.69) is 0 Å². The quantitative estimate of drug-likeness (QED) is 0.185. The Kier molecular flexibility index (Phi) is 408. The third kappa shape index (κ3) is 268. The predicted molar refractivity (Wildman–Crippen MR) is 18.9 cm³/mol. The zero-order valence-corrected chi connectivity index (χ0v) is 8.47. The Bertz CT molecular complexity index is 20.9. The third-order valence-corrected chi connectivity index (χ3v) is 0. The second kappa shape index (κ2) is 116. The Morgan fingerprint density at radius 2 is 1.22 bits per heavy atom. The van der Waals surface area contributed by atoms with E-state index >= 15 is 0 Å². The van der Waals surface area contributed by atoms with Gasteiger partial charge in [-0.25, -0.2) is 0 Å². The van der Waals surface area contributed by atoms with Crippen LogP contribution in [-0.4, -0.2) is 21.2 Å². The van der Waals surface area contributed by atoms with Gasteiger partial charge in [0.05, 0.1) is 0 Å². The maximum atomic E-state index is 8.29. The second-order valence-corrected chi connectivity index (χ2v) is 0.204. The van der Waals surface area contributed by atoms with Crippen LogP contribution in [0.25, 0.3) is 0 Å². The summed E-state index contributed by atoms with van der Waals surface area (Å²) in [5.41, 5.74) is 0. The van der Waals surface area contributed by atoms with E-state index in [1.165, 1.54) is 0 Å². The molecule has 8 heteroatoms. The molecule has 0 aromatic heterocycles. The van der Waals surface area contributed by atoms with E-state index in [1.807, 2.05) is 6.79 Å². The minimum atomic E-state index is -0.750. The molecule has 52 valence electrons. The van der Waals surface area contributed by atoms with Gasteiger partial charge >= 0.3 is 46.6 Å². The van der Waals surface area contributed by atoms with Crippen LogP contribution in [0.2, 0.25) is 0 Å². The van der Waals surface area contributed by atoms with E-state index in [0.717, 1.165) is 0 Å². The molecule has 0 fully saturated rings. The Balaban J connectivity index is -0.00000000825. The summed E-state index contributed by atoms with van der Waals surface area (Å²) in [5, 5.41) is 13.0. The van der Waals surface area contributed by atoms with E-state index in [-0.39, 0.29) is 46.6 Å². The third-order valence-electron chi connectivity index (χ3n) is 0. The first-order valence-corrected chi connectivity index (χ1v) is 1.47. The fraction of sp³-hybridized carbons (Fsp3) is 0. The number of hydrogen-bond donors (Lipinski definition) is 1. The number of hydrogen-bond acceptors (Lipinski definition) is 6. The summed E-state index contributed by atoms with van der Waals surface area (Å²) < 4.78 is 16.6. The zero-order valence-electron chi connectivity index (χ0n) is 4.55. The van der Waals surface area contributed by atoms with Gasteiger partial charge in [-0.2, -0.15) is 0 Å². The Hall–Kier alpha value is 1.38. The second-order valence-electron chi connectivity index (χ2n) is 0.0680. The predicted octanol–water partition coefficient (Wildman–Crippen LogP) is -4.38. The van der Waals surface area contributed by atoms with Crippen molar-refractivity contribution in [3.8, 4) is 0 Å². The molecule has 0 unspecified atom stereocenters. The van der Waals surface area contributed by atoms with Gasteiger partial charge in [-0.1, -0.05) is 0 Å². The van der Waals surface area contributed by atoms with Crippen LogP contribution < -0.4 is 34.8 Å². The van der Waals surface area contributed by atoms with Crippen molar-refractivity contribution in [2.45, 2.75) is 0 Å². The molecule has 0 bridgehead atoms. The molecule has 9 heavy (non-hydrogen) atoms. The normalized spacial score (nSPS) is 3.11.